The summed E-state index contributed by atoms with van der Waals surface area (Å²) in [6.07, 6.45) is 0.192. The van der Waals surface area contributed by atoms with E-state index in [2.05, 4.69) is 24.1 Å². The highest BCUT2D eigenvalue weighted by molar-refractivity contribution is 6.03. The van der Waals surface area contributed by atoms with Crippen molar-refractivity contribution in [2.75, 3.05) is 48.0 Å². The van der Waals surface area contributed by atoms with Crippen molar-refractivity contribution in [2.45, 2.75) is 20.3 Å². The minimum atomic E-state index is -0.395. The molecule has 0 aromatic heterocycles. The number of carbonyl (C=O) groups is 2. The SMILES string of the molecule is CCN(CC)c1ccc(NC(=O)[C@@H]2CC(=O)N(c3ccc4c(c3)OCCO4)C2)cc1. The Labute approximate surface area is 176 Å². The van der Waals surface area contributed by atoms with Crippen LogP contribution in [0, 0.1) is 5.92 Å². The van der Waals surface area contributed by atoms with Gasteiger partial charge in [0.15, 0.2) is 11.5 Å². The Hall–Kier alpha value is -3.22. The maximum Gasteiger partial charge on any atom is 0.229 e. The summed E-state index contributed by atoms with van der Waals surface area (Å²) in [6, 6.07) is 13.3. The third-order valence-electron chi connectivity index (χ3n) is 5.60. The topological polar surface area (TPSA) is 71.1 Å². The molecule has 1 atom stereocenters. The lowest BCUT2D eigenvalue weighted by molar-refractivity contribution is -0.122. The van der Waals surface area contributed by atoms with Gasteiger partial charge in [-0.15, -0.1) is 0 Å². The Morgan fingerprint density at radius 3 is 2.47 bits per heavy atom. The lowest BCUT2D eigenvalue weighted by Gasteiger charge is -2.22. The minimum absolute atomic E-state index is 0.0660. The quantitative estimate of drug-likeness (QED) is 0.793. The molecule has 2 amide bonds. The van der Waals surface area contributed by atoms with Gasteiger partial charge in [0.2, 0.25) is 11.8 Å². The molecule has 2 aromatic carbocycles. The van der Waals surface area contributed by atoms with Crippen LogP contribution in [0.2, 0.25) is 0 Å². The number of nitrogens with one attached hydrogen (secondary N) is 1. The highest BCUT2D eigenvalue weighted by atomic mass is 16.6. The largest absolute Gasteiger partial charge is 0.486 e. The molecule has 1 N–H and O–H groups in total. The van der Waals surface area contributed by atoms with Gasteiger partial charge in [-0.2, -0.15) is 0 Å². The number of fused-ring (bicyclic) bond motifs is 1. The lowest BCUT2D eigenvalue weighted by atomic mass is 10.1. The lowest BCUT2D eigenvalue weighted by Crippen LogP contribution is -2.28. The second-order valence-corrected chi connectivity index (χ2v) is 7.44. The first-order valence-corrected chi connectivity index (χ1v) is 10.4. The molecule has 4 rings (SSSR count). The Morgan fingerprint density at radius 2 is 1.77 bits per heavy atom. The maximum atomic E-state index is 12.8. The summed E-state index contributed by atoms with van der Waals surface area (Å²) in [7, 11) is 0. The van der Waals surface area contributed by atoms with Crippen LogP contribution < -0.4 is 24.6 Å². The number of anilines is 3. The van der Waals surface area contributed by atoms with Crippen molar-refractivity contribution in [1.82, 2.24) is 0 Å². The molecule has 2 aliphatic heterocycles. The van der Waals surface area contributed by atoms with Gasteiger partial charge in [0.05, 0.1) is 5.92 Å². The number of benzene rings is 2. The van der Waals surface area contributed by atoms with Crippen molar-refractivity contribution in [1.29, 1.82) is 0 Å². The van der Waals surface area contributed by atoms with Crippen LogP contribution in [-0.4, -0.2) is 44.7 Å². The maximum absolute atomic E-state index is 12.8. The van der Waals surface area contributed by atoms with E-state index in [0.29, 0.717) is 31.3 Å². The summed E-state index contributed by atoms with van der Waals surface area (Å²) in [5.41, 5.74) is 2.59. The van der Waals surface area contributed by atoms with Gasteiger partial charge in [-0.25, -0.2) is 0 Å². The molecule has 0 radical (unpaired) electrons. The molecule has 0 spiro atoms. The van der Waals surface area contributed by atoms with Gasteiger partial charge in [0.25, 0.3) is 0 Å². The average Bonchev–Trinajstić information content (AvgIpc) is 3.17. The van der Waals surface area contributed by atoms with Crippen LogP contribution >= 0.6 is 0 Å². The molecule has 158 valence electrons. The van der Waals surface area contributed by atoms with E-state index in [1.807, 2.05) is 36.4 Å². The Bertz CT molecular complexity index is 925. The van der Waals surface area contributed by atoms with Crippen LogP contribution in [0.5, 0.6) is 11.5 Å². The normalized spacial score (nSPS) is 17.7. The number of rotatable bonds is 6. The molecule has 7 nitrogen and oxygen atoms in total. The predicted molar refractivity (Wildman–Crippen MR) is 117 cm³/mol. The highest BCUT2D eigenvalue weighted by Crippen LogP contribution is 2.36. The van der Waals surface area contributed by atoms with E-state index in [1.165, 1.54) is 0 Å². The summed E-state index contributed by atoms with van der Waals surface area (Å²) in [6.45, 7) is 7.45. The number of hydrogen-bond acceptors (Lipinski definition) is 5. The zero-order chi connectivity index (χ0) is 21.1. The first kappa shape index (κ1) is 20.1. The first-order valence-electron chi connectivity index (χ1n) is 10.4. The molecule has 0 bridgehead atoms. The molecule has 30 heavy (non-hydrogen) atoms. The highest BCUT2D eigenvalue weighted by Gasteiger charge is 2.35. The molecule has 1 fully saturated rings. The zero-order valence-electron chi connectivity index (χ0n) is 17.4. The number of amides is 2. The summed E-state index contributed by atoms with van der Waals surface area (Å²) in [4.78, 5) is 29.2. The predicted octanol–water partition coefficient (Wildman–Crippen LogP) is 3.30. The summed E-state index contributed by atoms with van der Waals surface area (Å²) in [5.74, 6) is 0.711. The molecule has 2 aromatic rings. The van der Waals surface area contributed by atoms with E-state index in [-0.39, 0.29) is 18.2 Å². The Balaban J connectivity index is 1.41. The third kappa shape index (κ3) is 4.06. The Kier molecular flexibility index (Phi) is 5.79. The van der Waals surface area contributed by atoms with Crippen LogP contribution in [-0.2, 0) is 9.59 Å². The van der Waals surface area contributed by atoms with Gasteiger partial charge in [-0.05, 0) is 50.2 Å². The molecular formula is C23H27N3O4. The number of carbonyl (C=O) groups excluding carboxylic acids is 2. The van der Waals surface area contributed by atoms with Crippen LogP contribution in [0.4, 0.5) is 17.1 Å². The molecule has 0 saturated carbocycles. The second kappa shape index (κ2) is 8.65. The van der Waals surface area contributed by atoms with E-state index >= 15 is 0 Å². The molecule has 0 aliphatic carbocycles. The van der Waals surface area contributed by atoms with E-state index in [4.69, 9.17) is 9.47 Å². The second-order valence-electron chi connectivity index (χ2n) is 7.44. The van der Waals surface area contributed by atoms with E-state index in [0.717, 1.165) is 30.2 Å². The molecule has 7 heteroatoms. The number of nitrogens with zero attached hydrogens (tertiary/aromatic N) is 2. The molecule has 2 aliphatic rings. The van der Waals surface area contributed by atoms with Crippen LogP contribution in [0.1, 0.15) is 20.3 Å². The fourth-order valence-electron chi connectivity index (χ4n) is 3.92. The van der Waals surface area contributed by atoms with Crippen molar-refractivity contribution in [3.63, 3.8) is 0 Å². The fourth-order valence-corrected chi connectivity index (χ4v) is 3.92. The molecular weight excluding hydrogens is 382 g/mol. The van der Waals surface area contributed by atoms with Gasteiger partial charge < -0.3 is 24.6 Å². The van der Waals surface area contributed by atoms with Crippen molar-refractivity contribution >= 4 is 28.9 Å². The van der Waals surface area contributed by atoms with Gasteiger partial charge in [0, 0.05) is 49.2 Å². The summed E-state index contributed by atoms with van der Waals surface area (Å²) < 4.78 is 11.1. The molecule has 0 unspecified atom stereocenters. The first-order chi connectivity index (χ1) is 14.6. The van der Waals surface area contributed by atoms with E-state index < -0.39 is 5.92 Å². The van der Waals surface area contributed by atoms with Gasteiger partial charge >= 0.3 is 0 Å². The average molecular weight is 409 g/mol. The molecule has 2 heterocycles. The van der Waals surface area contributed by atoms with Crippen LogP contribution in [0.3, 0.4) is 0 Å². The smallest absolute Gasteiger partial charge is 0.229 e. The molecule has 1 saturated heterocycles. The number of ether oxygens (including phenoxy) is 2. The number of hydrogen-bond donors (Lipinski definition) is 1. The van der Waals surface area contributed by atoms with Crippen LogP contribution in [0.15, 0.2) is 42.5 Å². The fraction of sp³-hybridized carbons (Fsp3) is 0.391. The summed E-state index contributed by atoms with van der Waals surface area (Å²) >= 11 is 0. The third-order valence-corrected chi connectivity index (χ3v) is 5.60. The standard InChI is InChI=1S/C23H27N3O4/c1-3-25(4-2)18-7-5-17(6-8-18)24-23(28)16-13-22(27)26(15-16)19-9-10-20-21(14-19)30-12-11-29-20/h5-10,14,16H,3-4,11-13,15H2,1-2H3,(H,24,28)/t16-/m1/s1. The Morgan fingerprint density at radius 1 is 1.07 bits per heavy atom. The van der Waals surface area contributed by atoms with Crippen molar-refractivity contribution in [3.8, 4) is 11.5 Å². The van der Waals surface area contributed by atoms with Crippen LogP contribution in [0.25, 0.3) is 0 Å². The minimum Gasteiger partial charge on any atom is -0.486 e. The summed E-state index contributed by atoms with van der Waals surface area (Å²) in [5, 5.41) is 2.95. The monoisotopic (exact) mass is 409 g/mol. The van der Waals surface area contributed by atoms with Gasteiger partial charge in [-0.3, -0.25) is 9.59 Å². The van der Waals surface area contributed by atoms with E-state index in [1.54, 1.807) is 11.0 Å². The zero-order valence-corrected chi connectivity index (χ0v) is 17.4. The van der Waals surface area contributed by atoms with Crippen molar-refractivity contribution in [2.24, 2.45) is 5.92 Å². The van der Waals surface area contributed by atoms with Gasteiger partial charge in [-0.1, -0.05) is 0 Å². The van der Waals surface area contributed by atoms with E-state index in [9.17, 15) is 9.59 Å². The van der Waals surface area contributed by atoms with Crippen molar-refractivity contribution in [3.05, 3.63) is 42.5 Å². The van der Waals surface area contributed by atoms with Crippen molar-refractivity contribution < 1.29 is 19.1 Å². The van der Waals surface area contributed by atoms with Gasteiger partial charge in [0.1, 0.15) is 13.2 Å².